The first kappa shape index (κ1) is 8.27. The van der Waals surface area contributed by atoms with Crippen LogP contribution in [0.5, 0.6) is 0 Å². The molecule has 2 atom stereocenters. The fraction of sp³-hybridized carbons (Fsp3) is 0.625. The SMILES string of the molecule is CNC(=O)C1C=C[C@H](C)N1C. The zero-order valence-electron chi connectivity index (χ0n) is 7.16. The summed E-state index contributed by atoms with van der Waals surface area (Å²) in [6, 6.07) is 0.298. The third-order valence-electron chi connectivity index (χ3n) is 2.17. The number of nitrogens with one attached hydrogen (secondary N) is 1. The summed E-state index contributed by atoms with van der Waals surface area (Å²) in [5, 5.41) is 2.63. The monoisotopic (exact) mass is 154 g/mol. The first-order valence-corrected chi connectivity index (χ1v) is 3.78. The van der Waals surface area contributed by atoms with Crippen molar-refractivity contribution in [1.82, 2.24) is 10.2 Å². The lowest BCUT2D eigenvalue weighted by Gasteiger charge is -2.21. The van der Waals surface area contributed by atoms with E-state index in [9.17, 15) is 4.79 Å². The Morgan fingerprint density at radius 3 is 2.55 bits per heavy atom. The van der Waals surface area contributed by atoms with Crippen LogP contribution in [-0.4, -0.2) is 37.0 Å². The third-order valence-corrected chi connectivity index (χ3v) is 2.17. The van der Waals surface area contributed by atoms with E-state index in [0.717, 1.165) is 0 Å². The zero-order chi connectivity index (χ0) is 8.43. The molecule has 0 spiro atoms. The predicted octanol–water partition coefficient (Wildman–Crippen LogP) is -0.00890. The van der Waals surface area contributed by atoms with Gasteiger partial charge in [0.05, 0.1) is 0 Å². The Balaban J connectivity index is 2.62. The smallest absolute Gasteiger partial charge is 0.241 e. The van der Waals surface area contributed by atoms with Crippen LogP contribution in [0.15, 0.2) is 12.2 Å². The molecule has 3 nitrogen and oxygen atoms in total. The maximum Gasteiger partial charge on any atom is 0.241 e. The molecule has 11 heavy (non-hydrogen) atoms. The number of hydrogen-bond acceptors (Lipinski definition) is 2. The normalized spacial score (nSPS) is 30.8. The molecule has 1 heterocycles. The molecule has 1 N–H and O–H groups in total. The van der Waals surface area contributed by atoms with E-state index in [2.05, 4.69) is 12.2 Å². The molecule has 0 aliphatic carbocycles. The molecule has 0 bridgehead atoms. The minimum absolute atomic E-state index is 0.0631. The highest BCUT2D eigenvalue weighted by atomic mass is 16.2. The second kappa shape index (κ2) is 3.05. The van der Waals surface area contributed by atoms with Gasteiger partial charge < -0.3 is 5.32 Å². The lowest BCUT2D eigenvalue weighted by atomic mass is 10.3. The number of rotatable bonds is 1. The van der Waals surface area contributed by atoms with Crippen LogP contribution in [0.3, 0.4) is 0 Å². The van der Waals surface area contributed by atoms with Crippen molar-refractivity contribution in [3.8, 4) is 0 Å². The molecule has 0 saturated heterocycles. The maximum absolute atomic E-state index is 11.2. The van der Waals surface area contributed by atoms with Gasteiger partial charge in [-0.15, -0.1) is 0 Å². The molecule has 1 aliphatic rings. The van der Waals surface area contributed by atoms with Crippen molar-refractivity contribution in [2.75, 3.05) is 14.1 Å². The number of hydrogen-bond donors (Lipinski definition) is 1. The average Bonchev–Trinajstić information content (AvgIpc) is 2.32. The summed E-state index contributed by atoms with van der Waals surface area (Å²) in [5.41, 5.74) is 0. The molecule has 1 unspecified atom stereocenters. The van der Waals surface area contributed by atoms with E-state index in [-0.39, 0.29) is 11.9 Å². The highest BCUT2D eigenvalue weighted by molar-refractivity contribution is 5.84. The van der Waals surface area contributed by atoms with Gasteiger partial charge in [-0.2, -0.15) is 0 Å². The van der Waals surface area contributed by atoms with E-state index in [4.69, 9.17) is 0 Å². The van der Waals surface area contributed by atoms with E-state index in [0.29, 0.717) is 6.04 Å². The molecule has 0 aromatic heterocycles. The second-order valence-corrected chi connectivity index (χ2v) is 2.85. The summed E-state index contributed by atoms with van der Waals surface area (Å²) in [4.78, 5) is 13.2. The fourth-order valence-electron chi connectivity index (χ4n) is 1.21. The van der Waals surface area contributed by atoms with Crippen LogP contribution in [0.25, 0.3) is 0 Å². The summed E-state index contributed by atoms with van der Waals surface area (Å²) >= 11 is 0. The Bertz CT molecular complexity index is 189. The summed E-state index contributed by atoms with van der Waals surface area (Å²) in [5.74, 6) is 0.0631. The highest BCUT2D eigenvalue weighted by Gasteiger charge is 2.26. The van der Waals surface area contributed by atoms with Crippen molar-refractivity contribution in [3.63, 3.8) is 0 Å². The Morgan fingerprint density at radius 1 is 1.55 bits per heavy atom. The van der Waals surface area contributed by atoms with Crippen LogP contribution in [0.1, 0.15) is 6.92 Å². The van der Waals surface area contributed by atoms with Crippen molar-refractivity contribution in [1.29, 1.82) is 0 Å². The molecule has 1 rings (SSSR count). The van der Waals surface area contributed by atoms with Crippen LogP contribution in [0.4, 0.5) is 0 Å². The number of likely N-dealkylation sites (N-methyl/N-ethyl adjacent to an activating group) is 2. The molecule has 0 aromatic rings. The maximum atomic E-state index is 11.2. The van der Waals surface area contributed by atoms with Crippen LogP contribution < -0.4 is 5.32 Å². The molecular formula is C8H14N2O. The van der Waals surface area contributed by atoms with Gasteiger partial charge in [0.25, 0.3) is 0 Å². The van der Waals surface area contributed by atoms with Gasteiger partial charge in [0.2, 0.25) is 5.91 Å². The van der Waals surface area contributed by atoms with Crippen LogP contribution in [0, 0.1) is 0 Å². The van der Waals surface area contributed by atoms with Crippen LogP contribution in [0.2, 0.25) is 0 Å². The number of nitrogens with zero attached hydrogens (tertiary/aromatic N) is 1. The van der Waals surface area contributed by atoms with Crippen molar-refractivity contribution in [3.05, 3.63) is 12.2 Å². The number of carbonyl (C=O) groups is 1. The quantitative estimate of drug-likeness (QED) is 0.539. The molecule has 62 valence electrons. The lowest BCUT2D eigenvalue weighted by Crippen LogP contribution is -2.42. The predicted molar refractivity (Wildman–Crippen MR) is 44.2 cm³/mol. The Labute approximate surface area is 67.1 Å². The molecule has 1 amide bonds. The summed E-state index contributed by atoms with van der Waals surface area (Å²) in [7, 11) is 3.61. The van der Waals surface area contributed by atoms with Crippen molar-refractivity contribution >= 4 is 5.91 Å². The first-order valence-electron chi connectivity index (χ1n) is 3.78. The van der Waals surface area contributed by atoms with Crippen LogP contribution in [-0.2, 0) is 4.79 Å². The van der Waals surface area contributed by atoms with E-state index >= 15 is 0 Å². The largest absolute Gasteiger partial charge is 0.358 e. The third kappa shape index (κ3) is 1.43. The minimum atomic E-state index is -0.0741. The Morgan fingerprint density at radius 2 is 2.18 bits per heavy atom. The zero-order valence-corrected chi connectivity index (χ0v) is 7.16. The van der Waals surface area contributed by atoms with Gasteiger partial charge >= 0.3 is 0 Å². The van der Waals surface area contributed by atoms with Crippen LogP contribution >= 0.6 is 0 Å². The van der Waals surface area contributed by atoms with Gasteiger partial charge in [-0.3, -0.25) is 9.69 Å². The molecule has 0 fully saturated rings. The highest BCUT2D eigenvalue weighted by Crippen LogP contribution is 2.13. The molecular weight excluding hydrogens is 140 g/mol. The lowest BCUT2D eigenvalue weighted by molar-refractivity contribution is -0.123. The Hall–Kier alpha value is -0.830. The van der Waals surface area contributed by atoms with E-state index in [1.807, 2.05) is 24.1 Å². The summed E-state index contributed by atoms with van der Waals surface area (Å²) < 4.78 is 0. The molecule has 3 heteroatoms. The average molecular weight is 154 g/mol. The Kier molecular flexibility index (Phi) is 2.29. The first-order chi connectivity index (χ1) is 5.16. The van der Waals surface area contributed by atoms with Gasteiger partial charge in [0.1, 0.15) is 6.04 Å². The van der Waals surface area contributed by atoms with Gasteiger partial charge in [0, 0.05) is 13.1 Å². The van der Waals surface area contributed by atoms with Gasteiger partial charge in [-0.1, -0.05) is 12.2 Å². The standard InChI is InChI=1S/C8H14N2O/c1-6-4-5-7(10(6)3)8(11)9-2/h4-7H,1-3H3,(H,9,11)/t6-,7?/m0/s1. The van der Waals surface area contributed by atoms with Crippen molar-refractivity contribution in [2.45, 2.75) is 19.0 Å². The topological polar surface area (TPSA) is 32.3 Å². The van der Waals surface area contributed by atoms with Gasteiger partial charge in [-0.05, 0) is 14.0 Å². The molecule has 1 aliphatic heterocycles. The van der Waals surface area contributed by atoms with E-state index in [1.165, 1.54) is 0 Å². The summed E-state index contributed by atoms with van der Waals surface area (Å²) in [6.45, 7) is 2.07. The van der Waals surface area contributed by atoms with Gasteiger partial charge in [-0.25, -0.2) is 0 Å². The van der Waals surface area contributed by atoms with Crippen molar-refractivity contribution < 1.29 is 4.79 Å². The fourth-order valence-corrected chi connectivity index (χ4v) is 1.21. The number of amides is 1. The van der Waals surface area contributed by atoms with Crippen molar-refractivity contribution in [2.24, 2.45) is 0 Å². The minimum Gasteiger partial charge on any atom is -0.358 e. The van der Waals surface area contributed by atoms with E-state index in [1.54, 1.807) is 7.05 Å². The summed E-state index contributed by atoms with van der Waals surface area (Å²) in [6.07, 6.45) is 3.98. The van der Waals surface area contributed by atoms with Gasteiger partial charge in [0.15, 0.2) is 0 Å². The molecule has 0 saturated carbocycles. The van der Waals surface area contributed by atoms with E-state index < -0.39 is 0 Å². The number of carbonyl (C=O) groups excluding carboxylic acids is 1. The molecule has 0 aromatic carbocycles. The molecule has 0 radical (unpaired) electrons. The second-order valence-electron chi connectivity index (χ2n) is 2.85.